The van der Waals surface area contributed by atoms with Gasteiger partial charge in [0.25, 0.3) is 11.6 Å². The molecule has 2 aliphatic rings. The number of nitrogens with one attached hydrogen (secondary N) is 1. The number of fused-ring (bicyclic) bond motifs is 2. The predicted octanol–water partition coefficient (Wildman–Crippen LogP) is 2.51. The Bertz CT molecular complexity index is 616. The van der Waals surface area contributed by atoms with Crippen molar-refractivity contribution in [2.75, 3.05) is 7.05 Å². The maximum absolute atomic E-state index is 13.4. The summed E-state index contributed by atoms with van der Waals surface area (Å²) in [6, 6.07) is 3.84. The summed E-state index contributed by atoms with van der Waals surface area (Å²) in [6.07, 6.45) is 3.87. The van der Waals surface area contributed by atoms with Crippen LogP contribution in [0.2, 0.25) is 0 Å². The molecule has 0 spiro atoms. The fourth-order valence-electron chi connectivity index (χ4n) is 3.54. The van der Waals surface area contributed by atoms with Crippen molar-refractivity contribution in [3.8, 4) is 0 Å². The Morgan fingerprint density at radius 3 is 2.52 bits per heavy atom. The third kappa shape index (κ3) is 3.45. The number of nitrogens with zero attached hydrogens (tertiary/aromatic N) is 2. The second-order valence-electron chi connectivity index (χ2n) is 6.10. The number of benzene rings is 1. The molecular formula is C15H19ClFN3O3. The highest BCUT2D eigenvalue weighted by Gasteiger charge is 2.37. The zero-order valence-electron chi connectivity index (χ0n) is 12.7. The molecule has 2 heterocycles. The van der Waals surface area contributed by atoms with Crippen molar-refractivity contribution in [2.24, 2.45) is 0 Å². The van der Waals surface area contributed by atoms with Gasteiger partial charge in [0.2, 0.25) is 0 Å². The van der Waals surface area contributed by atoms with Crippen molar-refractivity contribution in [1.82, 2.24) is 10.2 Å². The highest BCUT2D eigenvalue weighted by atomic mass is 35.5. The molecule has 2 atom stereocenters. The first-order valence-electron chi connectivity index (χ1n) is 7.43. The van der Waals surface area contributed by atoms with Crippen LogP contribution in [0.4, 0.5) is 10.1 Å². The Kier molecular flexibility index (Phi) is 5.21. The first-order chi connectivity index (χ1) is 10.5. The van der Waals surface area contributed by atoms with Gasteiger partial charge >= 0.3 is 0 Å². The summed E-state index contributed by atoms with van der Waals surface area (Å²) in [7, 11) is 1.65. The summed E-state index contributed by atoms with van der Waals surface area (Å²) in [5.41, 5.74) is -0.534. The molecule has 2 aliphatic heterocycles. The molecule has 0 aliphatic carbocycles. The first-order valence-corrected chi connectivity index (χ1v) is 7.43. The van der Waals surface area contributed by atoms with E-state index in [-0.39, 0.29) is 29.7 Å². The summed E-state index contributed by atoms with van der Waals surface area (Å²) in [5, 5.41) is 14.5. The van der Waals surface area contributed by atoms with Gasteiger partial charge in [0, 0.05) is 31.2 Å². The lowest BCUT2D eigenvalue weighted by Crippen LogP contribution is -2.48. The van der Waals surface area contributed by atoms with Gasteiger partial charge in [-0.1, -0.05) is 0 Å². The summed E-state index contributed by atoms with van der Waals surface area (Å²) >= 11 is 0. The largest absolute Gasteiger partial charge is 0.338 e. The van der Waals surface area contributed by atoms with E-state index in [1.807, 2.05) is 0 Å². The minimum absolute atomic E-state index is 0. The van der Waals surface area contributed by atoms with Gasteiger partial charge in [0.1, 0.15) is 11.4 Å². The molecule has 0 saturated carbocycles. The number of nitro benzene ring substituents is 1. The number of halogens is 2. The van der Waals surface area contributed by atoms with Crippen LogP contribution in [0, 0.1) is 15.9 Å². The third-order valence-electron chi connectivity index (χ3n) is 4.70. The first kappa shape index (κ1) is 17.6. The summed E-state index contributed by atoms with van der Waals surface area (Å²) in [4.78, 5) is 24.5. The van der Waals surface area contributed by atoms with Crippen LogP contribution in [-0.4, -0.2) is 40.9 Å². The fraction of sp³-hybridized carbons (Fsp3) is 0.533. The summed E-state index contributed by atoms with van der Waals surface area (Å²) < 4.78 is 13.4. The molecule has 126 valence electrons. The van der Waals surface area contributed by atoms with Crippen molar-refractivity contribution in [3.05, 3.63) is 39.7 Å². The Labute approximate surface area is 139 Å². The molecule has 23 heavy (non-hydrogen) atoms. The number of amides is 1. The van der Waals surface area contributed by atoms with Crippen LogP contribution in [0.5, 0.6) is 0 Å². The van der Waals surface area contributed by atoms with Crippen molar-refractivity contribution in [2.45, 2.75) is 43.8 Å². The average molecular weight is 344 g/mol. The van der Waals surface area contributed by atoms with E-state index in [2.05, 4.69) is 5.32 Å². The van der Waals surface area contributed by atoms with Crippen molar-refractivity contribution < 1.29 is 14.1 Å². The molecule has 2 bridgehead atoms. The van der Waals surface area contributed by atoms with E-state index in [0.29, 0.717) is 12.1 Å². The van der Waals surface area contributed by atoms with E-state index >= 15 is 0 Å². The fourth-order valence-corrected chi connectivity index (χ4v) is 3.54. The molecule has 1 N–H and O–H groups in total. The number of nitro groups is 1. The zero-order chi connectivity index (χ0) is 15.9. The summed E-state index contributed by atoms with van der Waals surface area (Å²) in [6.45, 7) is 0. The highest BCUT2D eigenvalue weighted by Crippen LogP contribution is 2.31. The molecule has 2 saturated heterocycles. The van der Waals surface area contributed by atoms with Crippen molar-refractivity contribution in [1.29, 1.82) is 0 Å². The zero-order valence-corrected chi connectivity index (χ0v) is 13.5. The van der Waals surface area contributed by atoms with E-state index < -0.39 is 16.6 Å². The number of hydrogen-bond acceptors (Lipinski definition) is 4. The number of carbonyl (C=O) groups is 1. The molecule has 0 aromatic heterocycles. The lowest BCUT2D eigenvalue weighted by molar-refractivity contribution is -0.385. The Hall–Kier alpha value is -1.73. The molecule has 0 radical (unpaired) electrons. The van der Waals surface area contributed by atoms with E-state index in [1.54, 1.807) is 7.05 Å². The van der Waals surface area contributed by atoms with Gasteiger partial charge in [-0.05, 0) is 37.8 Å². The van der Waals surface area contributed by atoms with Crippen LogP contribution >= 0.6 is 12.4 Å². The molecular weight excluding hydrogens is 325 g/mol. The smallest absolute Gasteiger partial charge is 0.282 e. The Morgan fingerprint density at radius 1 is 1.35 bits per heavy atom. The van der Waals surface area contributed by atoms with Gasteiger partial charge in [0.15, 0.2) is 0 Å². The molecule has 3 rings (SSSR count). The van der Waals surface area contributed by atoms with Gasteiger partial charge in [-0.2, -0.15) is 0 Å². The van der Waals surface area contributed by atoms with Crippen LogP contribution in [0.15, 0.2) is 18.2 Å². The van der Waals surface area contributed by atoms with E-state index in [0.717, 1.165) is 43.9 Å². The second kappa shape index (κ2) is 6.80. The average Bonchev–Trinajstić information content (AvgIpc) is 2.83. The van der Waals surface area contributed by atoms with E-state index in [4.69, 9.17) is 0 Å². The molecule has 1 aromatic carbocycles. The lowest BCUT2D eigenvalue weighted by atomic mass is 9.97. The minimum atomic E-state index is -0.646. The monoisotopic (exact) mass is 343 g/mol. The van der Waals surface area contributed by atoms with E-state index in [1.165, 1.54) is 4.90 Å². The Balaban J connectivity index is 0.00000192. The van der Waals surface area contributed by atoms with Gasteiger partial charge < -0.3 is 10.2 Å². The lowest BCUT2D eigenvalue weighted by Gasteiger charge is -2.35. The van der Waals surface area contributed by atoms with Crippen LogP contribution in [-0.2, 0) is 0 Å². The molecule has 1 aromatic rings. The van der Waals surface area contributed by atoms with Crippen LogP contribution in [0.3, 0.4) is 0 Å². The maximum atomic E-state index is 13.4. The minimum Gasteiger partial charge on any atom is -0.338 e. The molecule has 2 unspecified atom stereocenters. The Morgan fingerprint density at radius 2 is 1.96 bits per heavy atom. The standard InChI is InChI=1S/C15H18FN3O3.ClH/c1-18(12-7-10-3-4-11(8-12)17-10)15(20)13-6-9(16)2-5-14(13)19(21)22;/h2,5-6,10-12,17H,3-4,7-8H2,1H3;1H. The molecule has 1 amide bonds. The van der Waals surface area contributed by atoms with Gasteiger partial charge in [-0.15, -0.1) is 12.4 Å². The van der Waals surface area contributed by atoms with Crippen LogP contribution in [0.25, 0.3) is 0 Å². The van der Waals surface area contributed by atoms with Crippen molar-refractivity contribution >= 4 is 24.0 Å². The number of hydrogen-bond donors (Lipinski definition) is 1. The number of piperidine rings is 1. The second-order valence-corrected chi connectivity index (χ2v) is 6.10. The normalized spacial score (nSPS) is 25.6. The maximum Gasteiger partial charge on any atom is 0.282 e. The third-order valence-corrected chi connectivity index (χ3v) is 4.70. The number of carbonyl (C=O) groups excluding carboxylic acids is 1. The van der Waals surface area contributed by atoms with Crippen molar-refractivity contribution in [3.63, 3.8) is 0 Å². The highest BCUT2D eigenvalue weighted by molar-refractivity contribution is 5.98. The summed E-state index contributed by atoms with van der Waals surface area (Å²) in [5.74, 6) is -1.13. The predicted molar refractivity (Wildman–Crippen MR) is 85.4 cm³/mol. The SMILES string of the molecule is CN(C(=O)c1cc(F)ccc1[N+](=O)[O-])C1CC2CCC(C1)N2.Cl. The van der Waals surface area contributed by atoms with E-state index in [9.17, 15) is 19.3 Å². The van der Waals surface area contributed by atoms with Gasteiger partial charge in [-0.25, -0.2) is 4.39 Å². The topological polar surface area (TPSA) is 75.5 Å². The molecule has 8 heteroatoms. The molecule has 2 fully saturated rings. The molecule has 6 nitrogen and oxygen atoms in total. The van der Waals surface area contributed by atoms with Crippen LogP contribution < -0.4 is 5.32 Å². The van der Waals surface area contributed by atoms with Gasteiger partial charge in [-0.3, -0.25) is 14.9 Å². The van der Waals surface area contributed by atoms with Crippen LogP contribution in [0.1, 0.15) is 36.0 Å². The number of rotatable bonds is 3. The quantitative estimate of drug-likeness (QED) is 0.676. The van der Waals surface area contributed by atoms with Gasteiger partial charge in [0.05, 0.1) is 4.92 Å².